The Morgan fingerprint density at radius 1 is 0.333 bits per heavy atom. The second kappa shape index (κ2) is 14.0. The lowest BCUT2D eigenvalue weighted by Gasteiger charge is -2.13. The maximum Gasteiger partial charge on any atom is 0.164 e. The van der Waals surface area contributed by atoms with Gasteiger partial charge in [0, 0.05) is 54.7 Å². The van der Waals surface area contributed by atoms with Gasteiger partial charge in [0.15, 0.2) is 23.1 Å². The Kier molecular flexibility index (Phi) is 7.80. The molecule has 0 radical (unpaired) electrons. The summed E-state index contributed by atoms with van der Waals surface area (Å²) < 4.78 is 11.8. The fourth-order valence-electron chi connectivity index (χ4n) is 9.51. The highest BCUT2D eigenvalue weighted by atomic mass is 16.3. The highest BCUT2D eigenvalue weighted by molar-refractivity contribution is 6.21. The van der Waals surface area contributed by atoms with Crippen molar-refractivity contribution < 1.29 is 4.42 Å². The van der Waals surface area contributed by atoms with Gasteiger partial charge in [0.25, 0.3) is 0 Å². The predicted molar refractivity (Wildman–Crippen MR) is 258 cm³/mol. The van der Waals surface area contributed by atoms with Crippen LogP contribution in [0.5, 0.6) is 0 Å². The number of aromatic nitrogens is 5. The molecule has 0 bridgehead atoms. The van der Waals surface area contributed by atoms with Crippen molar-refractivity contribution >= 4 is 65.6 Å². The lowest BCUT2D eigenvalue weighted by molar-refractivity contribution is 0.666. The van der Waals surface area contributed by atoms with Gasteiger partial charge in [-0.2, -0.15) is 0 Å². The summed E-state index contributed by atoms with van der Waals surface area (Å²) in [6.45, 7) is 0. The average Bonchev–Trinajstić information content (AvgIpc) is 4.01. The van der Waals surface area contributed by atoms with Crippen LogP contribution in [0.15, 0.2) is 217 Å². The molecule has 0 spiro atoms. The van der Waals surface area contributed by atoms with Crippen LogP contribution in [0.3, 0.4) is 0 Å². The number of para-hydroxylation sites is 3. The van der Waals surface area contributed by atoms with E-state index in [4.69, 9.17) is 19.4 Å². The number of benzene rings is 9. The maximum atomic E-state index is 7.02. The molecule has 0 amide bonds. The topological polar surface area (TPSA) is 61.7 Å². The minimum Gasteiger partial charge on any atom is -0.454 e. The Bertz CT molecular complexity index is 3830. The first kappa shape index (κ1) is 35.2. The van der Waals surface area contributed by atoms with E-state index in [9.17, 15) is 0 Å². The molecule has 0 fully saturated rings. The van der Waals surface area contributed by atoms with E-state index in [2.05, 4.69) is 149 Å². The number of hydrogen-bond acceptors (Lipinski definition) is 4. The van der Waals surface area contributed by atoms with Crippen molar-refractivity contribution in [1.29, 1.82) is 0 Å². The van der Waals surface area contributed by atoms with Gasteiger partial charge in [-0.05, 0) is 71.8 Å². The van der Waals surface area contributed by atoms with Crippen LogP contribution in [0.4, 0.5) is 0 Å². The summed E-state index contributed by atoms with van der Waals surface area (Å²) in [5.74, 6) is 1.80. The van der Waals surface area contributed by atoms with Crippen LogP contribution in [-0.4, -0.2) is 24.1 Å². The fourth-order valence-corrected chi connectivity index (χ4v) is 9.51. The number of fused-ring (bicyclic) bond motifs is 9. The van der Waals surface area contributed by atoms with Gasteiger partial charge in [-0.15, -0.1) is 0 Å². The zero-order valence-corrected chi connectivity index (χ0v) is 33.9. The molecule has 0 N–H and O–H groups in total. The Balaban J connectivity index is 1.13. The fraction of sp³-hybridized carbons (Fsp3) is 0. The van der Waals surface area contributed by atoms with E-state index in [0.717, 1.165) is 82.9 Å². The quantitative estimate of drug-likeness (QED) is 0.168. The largest absolute Gasteiger partial charge is 0.454 e. The molecule has 6 heteroatoms. The number of furan rings is 1. The Morgan fingerprint density at radius 2 is 0.873 bits per heavy atom. The summed E-state index contributed by atoms with van der Waals surface area (Å²) in [4.78, 5) is 15.4. The van der Waals surface area contributed by atoms with Crippen molar-refractivity contribution in [1.82, 2.24) is 24.1 Å². The lowest BCUT2D eigenvalue weighted by atomic mass is 10.0. The van der Waals surface area contributed by atoms with Gasteiger partial charge in [-0.3, -0.25) is 0 Å². The van der Waals surface area contributed by atoms with Gasteiger partial charge >= 0.3 is 0 Å². The number of hydrogen-bond donors (Lipinski definition) is 0. The van der Waals surface area contributed by atoms with Gasteiger partial charge in [-0.25, -0.2) is 15.0 Å². The van der Waals surface area contributed by atoms with Crippen LogP contribution in [0, 0.1) is 0 Å². The summed E-state index contributed by atoms with van der Waals surface area (Å²) in [5.41, 5.74) is 13.1. The predicted octanol–water partition coefficient (Wildman–Crippen LogP) is 14.6. The molecule has 4 heterocycles. The van der Waals surface area contributed by atoms with E-state index in [0.29, 0.717) is 17.5 Å². The Labute approximate surface area is 361 Å². The van der Waals surface area contributed by atoms with E-state index >= 15 is 0 Å². The van der Waals surface area contributed by atoms with Crippen molar-refractivity contribution in [3.63, 3.8) is 0 Å². The summed E-state index contributed by atoms with van der Waals surface area (Å²) >= 11 is 0. The molecule has 0 aliphatic heterocycles. The molecular weight excluding hydrogens is 771 g/mol. The van der Waals surface area contributed by atoms with Gasteiger partial charge in [0.2, 0.25) is 0 Å². The van der Waals surface area contributed by atoms with Gasteiger partial charge in [-0.1, -0.05) is 152 Å². The zero-order chi connectivity index (χ0) is 41.4. The minimum absolute atomic E-state index is 0.578. The first-order valence-corrected chi connectivity index (χ1v) is 21.2. The molecule has 6 nitrogen and oxygen atoms in total. The molecule has 0 aliphatic carbocycles. The van der Waals surface area contributed by atoms with Crippen LogP contribution >= 0.6 is 0 Å². The van der Waals surface area contributed by atoms with Crippen LogP contribution in [0.2, 0.25) is 0 Å². The molecule has 13 aromatic rings. The summed E-state index contributed by atoms with van der Waals surface area (Å²) in [6.07, 6.45) is 0. The Hall–Kier alpha value is -8.61. The van der Waals surface area contributed by atoms with Crippen LogP contribution in [0.25, 0.3) is 122 Å². The first-order valence-electron chi connectivity index (χ1n) is 21.2. The third-order valence-electron chi connectivity index (χ3n) is 12.4. The van der Waals surface area contributed by atoms with Crippen molar-refractivity contribution in [2.75, 3.05) is 0 Å². The molecule has 13 rings (SSSR count). The number of rotatable bonds is 6. The molecular formula is C57H35N5O. The molecule has 294 valence electrons. The molecule has 0 atom stereocenters. The van der Waals surface area contributed by atoms with E-state index in [1.165, 1.54) is 21.9 Å². The summed E-state index contributed by atoms with van der Waals surface area (Å²) in [5, 5.41) is 6.68. The van der Waals surface area contributed by atoms with Crippen molar-refractivity contribution in [3.05, 3.63) is 212 Å². The number of nitrogens with zero attached hydrogens (tertiary/aromatic N) is 5. The maximum absolute atomic E-state index is 7.02. The van der Waals surface area contributed by atoms with E-state index in [-0.39, 0.29) is 0 Å². The average molecular weight is 806 g/mol. The smallest absolute Gasteiger partial charge is 0.164 e. The molecule has 4 aromatic heterocycles. The third-order valence-corrected chi connectivity index (χ3v) is 12.4. The van der Waals surface area contributed by atoms with Gasteiger partial charge in [0.1, 0.15) is 5.58 Å². The van der Waals surface area contributed by atoms with Crippen LogP contribution < -0.4 is 0 Å². The molecule has 0 aliphatic rings. The zero-order valence-electron chi connectivity index (χ0n) is 33.9. The normalized spacial score (nSPS) is 11.8. The molecule has 9 aromatic carbocycles. The van der Waals surface area contributed by atoms with Gasteiger partial charge in [0.05, 0.1) is 27.8 Å². The van der Waals surface area contributed by atoms with E-state index in [1.54, 1.807) is 0 Å². The van der Waals surface area contributed by atoms with Gasteiger partial charge < -0.3 is 13.6 Å². The van der Waals surface area contributed by atoms with Crippen molar-refractivity contribution in [2.45, 2.75) is 0 Å². The monoisotopic (exact) mass is 805 g/mol. The highest BCUT2D eigenvalue weighted by Gasteiger charge is 2.24. The SMILES string of the molecule is c1ccc(-c2ccc3c(c2)c2cc4c5ccccc5n(-c5ccccc5)c4cc2n3-c2ccc(-c3nc(-c4ccccc4)nc(-c4ccccc4)n3)c3c2oc2ccccc23)cc1. The minimum atomic E-state index is 0.578. The lowest BCUT2D eigenvalue weighted by Crippen LogP contribution is -2.01. The molecule has 63 heavy (non-hydrogen) atoms. The summed E-state index contributed by atoms with van der Waals surface area (Å²) in [7, 11) is 0. The standard InChI is InChI=1S/C57H35N5O/c1-5-17-36(18-6-1)39-29-31-48-44(33-39)46-34-45-41-25-13-15-27-47(41)61(40-23-11-4-12-24-40)50(45)35-51(46)62(48)49-32-30-43(53-42-26-14-16-28-52(42)63-54(49)53)57-59-55(37-19-7-2-8-20-37)58-56(60-57)38-21-9-3-10-22-38/h1-35H. The Morgan fingerprint density at radius 3 is 1.59 bits per heavy atom. The second-order valence-corrected chi connectivity index (χ2v) is 16.0. The highest BCUT2D eigenvalue weighted by Crippen LogP contribution is 2.45. The van der Waals surface area contributed by atoms with Crippen molar-refractivity contribution in [2.24, 2.45) is 0 Å². The van der Waals surface area contributed by atoms with Crippen LogP contribution in [-0.2, 0) is 0 Å². The molecule has 0 saturated carbocycles. The van der Waals surface area contributed by atoms with Crippen LogP contribution in [0.1, 0.15) is 0 Å². The first-order chi connectivity index (χ1) is 31.2. The summed E-state index contributed by atoms with van der Waals surface area (Å²) in [6, 6.07) is 74.4. The van der Waals surface area contributed by atoms with E-state index < -0.39 is 0 Å². The van der Waals surface area contributed by atoms with E-state index in [1.807, 2.05) is 72.8 Å². The molecule has 0 saturated heterocycles. The third kappa shape index (κ3) is 5.55. The van der Waals surface area contributed by atoms with Crippen molar-refractivity contribution in [3.8, 4) is 56.7 Å². The molecule has 0 unspecified atom stereocenters. The second-order valence-electron chi connectivity index (χ2n) is 16.0.